The number of hydrogen-bond acceptors (Lipinski definition) is 2. The predicted octanol–water partition coefficient (Wildman–Crippen LogP) is 1.96. The standard InChI is InChI=1S/C8H5IO2/c9-7-3-1-2-5-6(7)4-11-8(5)10/h1-3H,4H2. The minimum Gasteiger partial charge on any atom is -0.457 e. The maximum Gasteiger partial charge on any atom is 0.338 e. The summed E-state index contributed by atoms with van der Waals surface area (Å²) in [6.07, 6.45) is 0. The molecule has 0 atom stereocenters. The lowest BCUT2D eigenvalue weighted by molar-refractivity contribution is 0.0535. The molecule has 0 unspecified atom stereocenters. The molecule has 56 valence electrons. The van der Waals surface area contributed by atoms with Crippen LogP contribution in [-0.4, -0.2) is 5.97 Å². The lowest BCUT2D eigenvalue weighted by atomic mass is 10.1. The van der Waals surface area contributed by atoms with Crippen LogP contribution in [0.1, 0.15) is 15.9 Å². The van der Waals surface area contributed by atoms with Crippen LogP contribution in [0.3, 0.4) is 0 Å². The van der Waals surface area contributed by atoms with E-state index >= 15 is 0 Å². The van der Waals surface area contributed by atoms with Gasteiger partial charge in [-0.3, -0.25) is 0 Å². The Kier molecular flexibility index (Phi) is 1.60. The van der Waals surface area contributed by atoms with Crippen LogP contribution in [0.15, 0.2) is 18.2 Å². The Hall–Kier alpha value is -0.580. The van der Waals surface area contributed by atoms with Crippen molar-refractivity contribution in [2.75, 3.05) is 0 Å². The molecule has 2 rings (SSSR count). The summed E-state index contributed by atoms with van der Waals surface area (Å²) in [7, 11) is 0. The number of rotatable bonds is 0. The van der Waals surface area contributed by atoms with E-state index in [1.807, 2.05) is 12.1 Å². The lowest BCUT2D eigenvalue weighted by Crippen LogP contribution is -1.92. The number of halogens is 1. The average Bonchev–Trinajstić information content (AvgIpc) is 2.35. The quantitative estimate of drug-likeness (QED) is 0.526. The molecule has 0 saturated heterocycles. The Morgan fingerprint density at radius 3 is 3.00 bits per heavy atom. The van der Waals surface area contributed by atoms with Gasteiger partial charge in [0, 0.05) is 9.13 Å². The first kappa shape index (κ1) is 7.09. The molecule has 0 amide bonds. The van der Waals surface area contributed by atoms with Gasteiger partial charge in [0.25, 0.3) is 0 Å². The Balaban J connectivity index is 2.66. The second kappa shape index (κ2) is 2.48. The second-order valence-corrected chi connectivity index (χ2v) is 3.50. The zero-order valence-corrected chi connectivity index (χ0v) is 7.79. The van der Waals surface area contributed by atoms with Gasteiger partial charge in [-0.1, -0.05) is 6.07 Å². The number of carbonyl (C=O) groups is 1. The van der Waals surface area contributed by atoms with Gasteiger partial charge in [-0.25, -0.2) is 4.79 Å². The van der Waals surface area contributed by atoms with Gasteiger partial charge in [0.1, 0.15) is 6.61 Å². The van der Waals surface area contributed by atoms with Crippen LogP contribution in [0, 0.1) is 3.57 Å². The van der Waals surface area contributed by atoms with Crippen LogP contribution in [0.5, 0.6) is 0 Å². The third-order valence-electron chi connectivity index (χ3n) is 1.69. The average molecular weight is 260 g/mol. The Bertz CT molecular complexity index is 320. The number of ether oxygens (including phenoxy) is 1. The minimum absolute atomic E-state index is 0.196. The van der Waals surface area contributed by atoms with Crippen molar-refractivity contribution in [1.29, 1.82) is 0 Å². The smallest absolute Gasteiger partial charge is 0.338 e. The van der Waals surface area contributed by atoms with Crippen LogP contribution in [0.25, 0.3) is 0 Å². The number of hydrogen-bond donors (Lipinski definition) is 0. The predicted molar refractivity (Wildman–Crippen MR) is 48.3 cm³/mol. The van der Waals surface area contributed by atoms with Gasteiger partial charge in [-0.05, 0) is 34.7 Å². The summed E-state index contributed by atoms with van der Waals surface area (Å²) in [5.74, 6) is -0.196. The van der Waals surface area contributed by atoms with Gasteiger partial charge in [0.05, 0.1) is 5.56 Å². The zero-order chi connectivity index (χ0) is 7.84. The molecule has 0 aliphatic carbocycles. The molecule has 0 N–H and O–H groups in total. The van der Waals surface area contributed by atoms with Crippen molar-refractivity contribution in [3.05, 3.63) is 32.9 Å². The monoisotopic (exact) mass is 260 g/mol. The maximum atomic E-state index is 11.0. The van der Waals surface area contributed by atoms with Crippen molar-refractivity contribution >= 4 is 28.6 Å². The van der Waals surface area contributed by atoms with Crippen molar-refractivity contribution in [1.82, 2.24) is 0 Å². The van der Waals surface area contributed by atoms with Crippen LogP contribution in [-0.2, 0) is 11.3 Å². The highest BCUT2D eigenvalue weighted by Crippen LogP contribution is 2.24. The summed E-state index contributed by atoms with van der Waals surface area (Å²) in [6.45, 7) is 0.438. The van der Waals surface area contributed by atoms with Gasteiger partial charge in [-0.2, -0.15) is 0 Å². The largest absolute Gasteiger partial charge is 0.457 e. The molecule has 0 bridgehead atoms. The Labute approximate surface area is 77.7 Å². The molecule has 1 aromatic carbocycles. The third kappa shape index (κ3) is 1.03. The molecule has 1 heterocycles. The van der Waals surface area contributed by atoms with Crippen LogP contribution < -0.4 is 0 Å². The van der Waals surface area contributed by atoms with Gasteiger partial charge in [0.15, 0.2) is 0 Å². The summed E-state index contributed by atoms with van der Waals surface area (Å²) >= 11 is 2.20. The molecule has 0 spiro atoms. The van der Waals surface area contributed by atoms with E-state index in [1.165, 1.54) is 0 Å². The van der Waals surface area contributed by atoms with Gasteiger partial charge < -0.3 is 4.74 Å². The van der Waals surface area contributed by atoms with E-state index < -0.39 is 0 Å². The minimum atomic E-state index is -0.196. The first-order valence-electron chi connectivity index (χ1n) is 3.23. The molecule has 3 heteroatoms. The number of esters is 1. The molecular formula is C8H5IO2. The fraction of sp³-hybridized carbons (Fsp3) is 0.125. The zero-order valence-electron chi connectivity index (χ0n) is 5.63. The third-order valence-corrected chi connectivity index (χ3v) is 2.70. The lowest BCUT2D eigenvalue weighted by Gasteiger charge is -1.94. The highest BCUT2D eigenvalue weighted by Gasteiger charge is 2.21. The molecule has 1 aromatic rings. The van der Waals surface area contributed by atoms with Crippen molar-refractivity contribution in [2.24, 2.45) is 0 Å². The van der Waals surface area contributed by atoms with Crippen LogP contribution >= 0.6 is 22.6 Å². The van der Waals surface area contributed by atoms with E-state index in [9.17, 15) is 4.79 Å². The van der Waals surface area contributed by atoms with Crippen molar-refractivity contribution in [2.45, 2.75) is 6.61 Å². The highest BCUT2D eigenvalue weighted by molar-refractivity contribution is 14.1. The first-order chi connectivity index (χ1) is 5.29. The van der Waals surface area contributed by atoms with Gasteiger partial charge in [0.2, 0.25) is 0 Å². The maximum absolute atomic E-state index is 11.0. The van der Waals surface area contributed by atoms with E-state index in [2.05, 4.69) is 22.6 Å². The molecule has 11 heavy (non-hydrogen) atoms. The second-order valence-electron chi connectivity index (χ2n) is 2.34. The summed E-state index contributed by atoms with van der Waals surface area (Å²) < 4.78 is 5.96. The van der Waals surface area contributed by atoms with Crippen molar-refractivity contribution in [3.63, 3.8) is 0 Å². The summed E-state index contributed by atoms with van der Waals surface area (Å²) in [5.41, 5.74) is 1.75. The van der Waals surface area contributed by atoms with E-state index in [1.54, 1.807) is 6.07 Å². The summed E-state index contributed by atoms with van der Waals surface area (Å²) in [5, 5.41) is 0. The highest BCUT2D eigenvalue weighted by atomic mass is 127. The van der Waals surface area contributed by atoms with E-state index in [0.717, 1.165) is 14.7 Å². The van der Waals surface area contributed by atoms with Crippen molar-refractivity contribution in [3.8, 4) is 0 Å². The summed E-state index contributed by atoms with van der Waals surface area (Å²) in [4.78, 5) is 11.0. The molecule has 1 aliphatic rings. The van der Waals surface area contributed by atoms with E-state index in [4.69, 9.17) is 4.74 Å². The molecule has 0 saturated carbocycles. The Morgan fingerprint density at radius 1 is 1.45 bits per heavy atom. The normalized spacial score (nSPS) is 14.5. The molecule has 0 radical (unpaired) electrons. The number of fused-ring (bicyclic) bond motifs is 1. The fourth-order valence-corrected chi connectivity index (χ4v) is 1.77. The molecular weight excluding hydrogens is 255 g/mol. The number of cyclic esters (lactones) is 1. The van der Waals surface area contributed by atoms with Gasteiger partial charge in [-0.15, -0.1) is 0 Å². The summed E-state index contributed by atoms with van der Waals surface area (Å²) in [6, 6.07) is 5.64. The topological polar surface area (TPSA) is 26.3 Å². The number of benzene rings is 1. The Morgan fingerprint density at radius 2 is 2.27 bits per heavy atom. The SMILES string of the molecule is O=C1OCc2c(I)cccc21. The molecule has 2 nitrogen and oxygen atoms in total. The molecule has 0 aromatic heterocycles. The van der Waals surface area contributed by atoms with Crippen molar-refractivity contribution < 1.29 is 9.53 Å². The van der Waals surface area contributed by atoms with E-state index in [0.29, 0.717) is 6.61 Å². The molecule has 1 aliphatic heterocycles. The molecule has 0 fully saturated rings. The first-order valence-corrected chi connectivity index (χ1v) is 4.31. The fourth-order valence-electron chi connectivity index (χ4n) is 1.11. The van der Waals surface area contributed by atoms with Crippen LogP contribution in [0.2, 0.25) is 0 Å². The van der Waals surface area contributed by atoms with E-state index in [-0.39, 0.29) is 5.97 Å². The number of carbonyl (C=O) groups excluding carboxylic acids is 1. The van der Waals surface area contributed by atoms with Crippen LogP contribution in [0.4, 0.5) is 0 Å². The van der Waals surface area contributed by atoms with Gasteiger partial charge >= 0.3 is 5.97 Å².